The highest BCUT2D eigenvalue weighted by Crippen LogP contribution is 2.06. The van der Waals surface area contributed by atoms with Crippen LogP contribution in [-0.4, -0.2) is 30.6 Å². The van der Waals surface area contributed by atoms with Gasteiger partial charge in [0.2, 0.25) is 0 Å². The molecule has 0 aliphatic carbocycles. The normalized spacial score (nSPS) is 12.1. The molecule has 0 radical (unpaired) electrons. The van der Waals surface area contributed by atoms with Crippen molar-refractivity contribution in [3.8, 4) is 0 Å². The zero-order valence-electron chi connectivity index (χ0n) is 12.0. The largest absolute Gasteiger partial charge is 0.312 e. The molecule has 0 amide bonds. The molecule has 1 aromatic carbocycles. The fourth-order valence-corrected chi connectivity index (χ4v) is 1.84. The van der Waals surface area contributed by atoms with E-state index >= 15 is 0 Å². The average molecular weight is 252 g/mol. The van der Waals surface area contributed by atoms with E-state index < -0.39 is 0 Å². The molecule has 0 fully saturated rings. The molecule has 1 N–H and O–H groups in total. The molecule has 0 heterocycles. The molecule has 0 aromatic heterocycles. The summed E-state index contributed by atoms with van der Waals surface area (Å²) in [5.41, 5.74) is 1.21. The zero-order chi connectivity index (χ0) is 13.6. The van der Waals surface area contributed by atoms with Gasteiger partial charge in [0.05, 0.1) is 0 Å². The van der Waals surface area contributed by atoms with Crippen molar-refractivity contribution in [2.24, 2.45) is 0 Å². The van der Waals surface area contributed by atoms with Crippen LogP contribution in [0.3, 0.4) is 0 Å². The molecule has 0 aliphatic heterocycles. The van der Waals surface area contributed by atoms with Gasteiger partial charge in [0, 0.05) is 12.1 Å². The summed E-state index contributed by atoms with van der Waals surface area (Å²) in [7, 11) is 2.07. The lowest BCUT2D eigenvalue weighted by Gasteiger charge is -2.22. The SMILES string of the molecule is CN(CCCNC(C)(C)C)Cc1cccc(F)c1. The van der Waals surface area contributed by atoms with Crippen LogP contribution in [0.2, 0.25) is 0 Å². The zero-order valence-corrected chi connectivity index (χ0v) is 12.0. The molecule has 0 atom stereocenters. The molecule has 0 saturated heterocycles. The first-order chi connectivity index (χ1) is 8.37. The Hall–Kier alpha value is -0.930. The number of benzene rings is 1. The second-order valence-corrected chi connectivity index (χ2v) is 5.90. The third kappa shape index (κ3) is 6.72. The van der Waals surface area contributed by atoms with E-state index in [1.807, 2.05) is 6.07 Å². The van der Waals surface area contributed by atoms with Gasteiger partial charge in [0.1, 0.15) is 5.82 Å². The molecule has 102 valence electrons. The minimum atomic E-state index is -0.157. The maximum absolute atomic E-state index is 13.0. The van der Waals surface area contributed by atoms with Gasteiger partial charge in [-0.3, -0.25) is 0 Å². The first kappa shape index (κ1) is 15.1. The molecule has 0 unspecified atom stereocenters. The second-order valence-electron chi connectivity index (χ2n) is 5.90. The van der Waals surface area contributed by atoms with E-state index in [2.05, 4.69) is 38.0 Å². The third-order valence-corrected chi connectivity index (χ3v) is 2.71. The van der Waals surface area contributed by atoms with Gasteiger partial charge in [-0.1, -0.05) is 12.1 Å². The minimum absolute atomic E-state index is 0.157. The van der Waals surface area contributed by atoms with Crippen molar-refractivity contribution in [2.75, 3.05) is 20.1 Å². The Morgan fingerprint density at radius 3 is 2.61 bits per heavy atom. The van der Waals surface area contributed by atoms with Crippen LogP contribution in [0.4, 0.5) is 4.39 Å². The van der Waals surface area contributed by atoms with Crippen LogP contribution < -0.4 is 5.32 Å². The average Bonchev–Trinajstić information content (AvgIpc) is 2.23. The monoisotopic (exact) mass is 252 g/mol. The first-order valence-electron chi connectivity index (χ1n) is 6.55. The highest BCUT2D eigenvalue weighted by molar-refractivity contribution is 5.15. The number of hydrogen-bond donors (Lipinski definition) is 1. The molecular weight excluding hydrogens is 227 g/mol. The van der Waals surface area contributed by atoms with Gasteiger partial charge < -0.3 is 10.2 Å². The molecular formula is C15H25FN2. The molecule has 0 aliphatic rings. The van der Waals surface area contributed by atoms with Crippen LogP contribution >= 0.6 is 0 Å². The fraction of sp³-hybridized carbons (Fsp3) is 0.600. The summed E-state index contributed by atoms with van der Waals surface area (Å²) >= 11 is 0. The van der Waals surface area contributed by atoms with Gasteiger partial charge in [-0.15, -0.1) is 0 Å². The van der Waals surface area contributed by atoms with Crippen LogP contribution in [0.25, 0.3) is 0 Å². The molecule has 2 nitrogen and oxygen atoms in total. The van der Waals surface area contributed by atoms with Crippen molar-refractivity contribution in [1.29, 1.82) is 0 Å². The minimum Gasteiger partial charge on any atom is -0.312 e. The molecule has 1 aromatic rings. The van der Waals surface area contributed by atoms with E-state index in [-0.39, 0.29) is 11.4 Å². The summed E-state index contributed by atoms with van der Waals surface area (Å²) in [5.74, 6) is -0.157. The number of rotatable bonds is 6. The lowest BCUT2D eigenvalue weighted by atomic mass is 10.1. The van der Waals surface area contributed by atoms with Crippen LogP contribution in [0.15, 0.2) is 24.3 Å². The Labute approximate surface area is 110 Å². The quantitative estimate of drug-likeness (QED) is 0.783. The van der Waals surface area contributed by atoms with Crippen molar-refractivity contribution >= 4 is 0 Å². The predicted octanol–water partition coefficient (Wildman–Crippen LogP) is 3.04. The van der Waals surface area contributed by atoms with E-state index in [1.165, 1.54) is 6.07 Å². The molecule has 0 spiro atoms. The number of nitrogens with one attached hydrogen (secondary N) is 1. The Kier molecular flexibility index (Phi) is 5.76. The van der Waals surface area contributed by atoms with Gasteiger partial charge in [0.15, 0.2) is 0 Å². The smallest absolute Gasteiger partial charge is 0.123 e. The fourth-order valence-electron chi connectivity index (χ4n) is 1.84. The van der Waals surface area contributed by atoms with Crippen molar-refractivity contribution in [2.45, 2.75) is 39.3 Å². The van der Waals surface area contributed by atoms with Crippen LogP contribution in [0.5, 0.6) is 0 Å². The molecule has 18 heavy (non-hydrogen) atoms. The predicted molar refractivity (Wildman–Crippen MR) is 75.1 cm³/mol. The summed E-state index contributed by atoms with van der Waals surface area (Å²) in [6.45, 7) is 9.33. The van der Waals surface area contributed by atoms with Crippen LogP contribution in [-0.2, 0) is 6.54 Å². The molecule has 0 bridgehead atoms. The first-order valence-corrected chi connectivity index (χ1v) is 6.55. The van der Waals surface area contributed by atoms with E-state index in [0.717, 1.165) is 31.6 Å². The highest BCUT2D eigenvalue weighted by atomic mass is 19.1. The van der Waals surface area contributed by atoms with Crippen LogP contribution in [0, 0.1) is 5.82 Å². The van der Waals surface area contributed by atoms with Gasteiger partial charge in [-0.25, -0.2) is 4.39 Å². The Morgan fingerprint density at radius 1 is 1.28 bits per heavy atom. The second kappa shape index (κ2) is 6.86. The van der Waals surface area contributed by atoms with Gasteiger partial charge in [0.25, 0.3) is 0 Å². The summed E-state index contributed by atoms with van der Waals surface area (Å²) in [4.78, 5) is 2.22. The molecule has 3 heteroatoms. The highest BCUT2D eigenvalue weighted by Gasteiger charge is 2.08. The van der Waals surface area contributed by atoms with E-state index in [9.17, 15) is 4.39 Å². The number of nitrogens with zero attached hydrogens (tertiary/aromatic N) is 1. The standard InChI is InChI=1S/C15H25FN2/c1-15(2,3)17-9-6-10-18(4)12-13-7-5-8-14(16)11-13/h5,7-8,11,17H,6,9-10,12H2,1-4H3. The summed E-state index contributed by atoms with van der Waals surface area (Å²) in [5, 5.41) is 3.46. The van der Waals surface area contributed by atoms with Crippen molar-refractivity contribution in [3.63, 3.8) is 0 Å². The van der Waals surface area contributed by atoms with Gasteiger partial charge in [-0.05, 0) is 65.0 Å². The maximum Gasteiger partial charge on any atom is 0.123 e. The lowest BCUT2D eigenvalue weighted by molar-refractivity contribution is 0.309. The summed E-state index contributed by atoms with van der Waals surface area (Å²) in [6.07, 6.45) is 1.10. The van der Waals surface area contributed by atoms with E-state index in [0.29, 0.717) is 0 Å². The Bertz CT molecular complexity index is 358. The van der Waals surface area contributed by atoms with Crippen molar-refractivity contribution < 1.29 is 4.39 Å². The van der Waals surface area contributed by atoms with Crippen molar-refractivity contribution in [3.05, 3.63) is 35.6 Å². The lowest BCUT2D eigenvalue weighted by Crippen LogP contribution is -2.37. The third-order valence-electron chi connectivity index (χ3n) is 2.71. The van der Waals surface area contributed by atoms with Gasteiger partial charge in [-0.2, -0.15) is 0 Å². The van der Waals surface area contributed by atoms with E-state index in [4.69, 9.17) is 0 Å². The van der Waals surface area contributed by atoms with Crippen LogP contribution in [0.1, 0.15) is 32.8 Å². The Balaban J connectivity index is 2.24. The summed E-state index contributed by atoms with van der Waals surface area (Å²) in [6, 6.07) is 6.81. The maximum atomic E-state index is 13.0. The topological polar surface area (TPSA) is 15.3 Å². The Morgan fingerprint density at radius 2 is 2.00 bits per heavy atom. The van der Waals surface area contributed by atoms with Gasteiger partial charge >= 0.3 is 0 Å². The summed E-state index contributed by atoms with van der Waals surface area (Å²) < 4.78 is 13.0. The molecule has 1 rings (SSSR count). The molecule has 0 saturated carbocycles. The van der Waals surface area contributed by atoms with Crippen molar-refractivity contribution in [1.82, 2.24) is 10.2 Å². The number of halogens is 1. The number of hydrogen-bond acceptors (Lipinski definition) is 2. The van der Waals surface area contributed by atoms with E-state index in [1.54, 1.807) is 12.1 Å².